The second-order valence-corrected chi connectivity index (χ2v) is 6.55. The van der Waals surface area contributed by atoms with Crippen LogP contribution in [0.3, 0.4) is 0 Å². The number of aryl methyl sites for hydroxylation is 2. The van der Waals surface area contributed by atoms with E-state index in [4.69, 9.17) is 22.7 Å². The minimum Gasteiger partial charge on any atom is -0.389 e. The number of methoxy groups -OCH3 is 1. The van der Waals surface area contributed by atoms with Crippen molar-refractivity contribution in [2.45, 2.75) is 46.3 Å². The van der Waals surface area contributed by atoms with Gasteiger partial charge in [-0.1, -0.05) is 26.1 Å². The van der Waals surface area contributed by atoms with Gasteiger partial charge in [0.25, 0.3) is 0 Å². The fourth-order valence-corrected chi connectivity index (χ4v) is 3.23. The van der Waals surface area contributed by atoms with Crippen LogP contribution in [0.15, 0.2) is 6.07 Å². The van der Waals surface area contributed by atoms with Gasteiger partial charge in [0.15, 0.2) is 0 Å². The molecule has 1 fully saturated rings. The first-order valence-electron chi connectivity index (χ1n) is 6.84. The maximum Gasteiger partial charge on any atom is 0.107 e. The molecule has 1 aliphatic carbocycles. The molecule has 0 amide bonds. The standard InChI is InChI=1S/C15H23N3OS/c1-8-6-10(13(14(16)20)9(2)17-8)18-11-7-12(19-5)15(11,3)4/h6,11-12H,7H2,1-5H3,(H2,16,20)(H,17,18). The van der Waals surface area contributed by atoms with Crippen LogP contribution in [0.5, 0.6) is 0 Å². The number of pyridine rings is 1. The maximum absolute atomic E-state index is 5.85. The number of rotatable bonds is 4. The summed E-state index contributed by atoms with van der Waals surface area (Å²) in [6, 6.07) is 2.36. The summed E-state index contributed by atoms with van der Waals surface area (Å²) in [4.78, 5) is 4.83. The molecule has 0 spiro atoms. The van der Waals surface area contributed by atoms with Gasteiger partial charge in [0, 0.05) is 35.6 Å². The summed E-state index contributed by atoms with van der Waals surface area (Å²) in [6.45, 7) is 8.34. The number of anilines is 1. The average molecular weight is 293 g/mol. The first-order valence-corrected chi connectivity index (χ1v) is 7.25. The SMILES string of the molecule is COC1CC(Nc2cc(C)nc(C)c2C(N)=S)C1(C)C. The van der Waals surface area contributed by atoms with E-state index in [1.807, 2.05) is 19.9 Å². The lowest BCUT2D eigenvalue weighted by Gasteiger charge is -2.51. The number of hydrogen-bond acceptors (Lipinski definition) is 4. The van der Waals surface area contributed by atoms with Crippen LogP contribution in [0, 0.1) is 19.3 Å². The van der Waals surface area contributed by atoms with Gasteiger partial charge in [0.1, 0.15) is 4.99 Å². The van der Waals surface area contributed by atoms with E-state index in [0.717, 1.165) is 29.1 Å². The number of hydrogen-bond donors (Lipinski definition) is 2. The molecule has 1 heterocycles. The molecule has 1 aromatic heterocycles. The highest BCUT2D eigenvalue weighted by molar-refractivity contribution is 7.80. The van der Waals surface area contributed by atoms with Gasteiger partial charge in [-0.05, 0) is 26.3 Å². The molecule has 1 aliphatic rings. The monoisotopic (exact) mass is 293 g/mol. The Morgan fingerprint density at radius 2 is 2.15 bits per heavy atom. The Hall–Kier alpha value is -1.20. The molecule has 20 heavy (non-hydrogen) atoms. The van der Waals surface area contributed by atoms with Gasteiger partial charge in [-0.25, -0.2) is 0 Å². The van der Waals surface area contributed by atoms with Gasteiger partial charge in [-0.2, -0.15) is 0 Å². The number of aromatic nitrogens is 1. The predicted molar refractivity (Wildman–Crippen MR) is 86.2 cm³/mol. The molecule has 2 unspecified atom stereocenters. The fraction of sp³-hybridized carbons (Fsp3) is 0.600. The molecule has 0 radical (unpaired) electrons. The molecule has 0 aliphatic heterocycles. The number of nitrogens with two attached hydrogens (primary N) is 1. The largest absolute Gasteiger partial charge is 0.389 e. The summed E-state index contributed by atoms with van der Waals surface area (Å²) in [5.74, 6) is 0. The molecule has 1 aromatic rings. The van der Waals surface area contributed by atoms with E-state index in [-0.39, 0.29) is 11.5 Å². The van der Waals surface area contributed by atoms with Crippen molar-refractivity contribution in [3.63, 3.8) is 0 Å². The lowest BCUT2D eigenvalue weighted by atomic mass is 9.64. The number of thiocarbonyl (C=S) groups is 1. The molecule has 3 N–H and O–H groups in total. The molecule has 4 nitrogen and oxygen atoms in total. The van der Waals surface area contributed by atoms with Crippen molar-refractivity contribution in [1.29, 1.82) is 0 Å². The van der Waals surface area contributed by atoms with Crippen molar-refractivity contribution in [3.05, 3.63) is 23.0 Å². The van der Waals surface area contributed by atoms with Crippen molar-refractivity contribution >= 4 is 22.9 Å². The Labute approximate surface area is 126 Å². The molecule has 110 valence electrons. The zero-order valence-corrected chi connectivity index (χ0v) is 13.6. The molecule has 2 rings (SSSR count). The topological polar surface area (TPSA) is 60.2 Å². The number of ether oxygens (including phenoxy) is 1. The van der Waals surface area contributed by atoms with Crippen LogP contribution in [0.2, 0.25) is 0 Å². The average Bonchev–Trinajstić information content (AvgIpc) is 2.32. The molecule has 0 bridgehead atoms. The highest BCUT2D eigenvalue weighted by atomic mass is 32.1. The van der Waals surface area contributed by atoms with Gasteiger partial charge < -0.3 is 15.8 Å². The third kappa shape index (κ3) is 2.52. The zero-order chi connectivity index (χ0) is 15.1. The Bertz CT molecular complexity index is 542. The van der Waals surface area contributed by atoms with Crippen LogP contribution in [-0.4, -0.2) is 29.2 Å². The maximum atomic E-state index is 5.85. The van der Waals surface area contributed by atoms with Crippen LogP contribution in [0.25, 0.3) is 0 Å². The van der Waals surface area contributed by atoms with E-state index in [0.29, 0.717) is 11.0 Å². The minimum atomic E-state index is 0.0906. The Morgan fingerprint density at radius 1 is 1.50 bits per heavy atom. The highest BCUT2D eigenvalue weighted by Gasteiger charge is 2.48. The van der Waals surface area contributed by atoms with Gasteiger partial charge >= 0.3 is 0 Å². The van der Waals surface area contributed by atoms with E-state index in [9.17, 15) is 0 Å². The molecular formula is C15H23N3OS. The summed E-state index contributed by atoms with van der Waals surface area (Å²) in [7, 11) is 1.77. The lowest BCUT2D eigenvalue weighted by Crippen LogP contribution is -2.57. The summed E-state index contributed by atoms with van der Waals surface area (Å²) in [5, 5.41) is 3.58. The van der Waals surface area contributed by atoms with Gasteiger partial charge in [0.2, 0.25) is 0 Å². The van der Waals surface area contributed by atoms with Gasteiger partial charge in [-0.15, -0.1) is 0 Å². The van der Waals surface area contributed by atoms with Crippen molar-refractivity contribution in [3.8, 4) is 0 Å². The molecule has 0 aromatic carbocycles. The summed E-state index contributed by atoms with van der Waals surface area (Å²) >= 11 is 5.16. The predicted octanol–water partition coefficient (Wildman–Crippen LogP) is 2.56. The zero-order valence-electron chi connectivity index (χ0n) is 12.8. The minimum absolute atomic E-state index is 0.0906. The first kappa shape index (κ1) is 15.2. The smallest absolute Gasteiger partial charge is 0.107 e. The quantitative estimate of drug-likeness (QED) is 0.836. The van der Waals surface area contributed by atoms with Crippen molar-refractivity contribution in [2.75, 3.05) is 12.4 Å². The number of nitrogens with zero attached hydrogens (tertiary/aromatic N) is 1. The first-order chi connectivity index (χ1) is 9.27. The lowest BCUT2D eigenvalue weighted by molar-refractivity contribution is -0.0794. The summed E-state index contributed by atoms with van der Waals surface area (Å²) < 4.78 is 5.49. The normalized spacial score (nSPS) is 24.1. The van der Waals surface area contributed by atoms with Crippen LogP contribution in [0.1, 0.15) is 37.2 Å². The third-order valence-electron chi connectivity index (χ3n) is 4.37. The van der Waals surface area contributed by atoms with E-state index in [1.165, 1.54) is 0 Å². The van der Waals surface area contributed by atoms with Crippen LogP contribution in [-0.2, 0) is 4.74 Å². The van der Waals surface area contributed by atoms with Gasteiger partial charge in [0.05, 0.1) is 11.7 Å². The van der Waals surface area contributed by atoms with E-state index < -0.39 is 0 Å². The molecular weight excluding hydrogens is 270 g/mol. The Kier molecular flexibility index (Phi) is 4.02. The second-order valence-electron chi connectivity index (χ2n) is 6.11. The molecule has 5 heteroatoms. The Balaban J connectivity index is 2.29. The second kappa shape index (κ2) is 5.30. The third-order valence-corrected chi connectivity index (χ3v) is 4.57. The highest BCUT2D eigenvalue weighted by Crippen LogP contribution is 2.44. The van der Waals surface area contributed by atoms with Crippen molar-refractivity contribution < 1.29 is 4.74 Å². The molecule has 1 saturated carbocycles. The van der Waals surface area contributed by atoms with E-state index in [1.54, 1.807) is 7.11 Å². The Morgan fingerprint density at radius 3 is 2.65 bits per heavy atom. The summed E-state index contributed by atoms with van der Waals surface area (Å²) in [6.07, 6.45) is 1.28. The molecule has 2 atom stereocenters. The van der Waals surface area contributed by atoms with E-state index in [2.05, 4.69) is 24.1 Å². The van der Waals surface area contributed by atoms with Crippen LogP contribution in [0.4, 0.5) is 5.69 Å². The van der Waals surface area contributed by atoms with Crippen LogP contribution < -0.4 is 11.1 Å². The molecule has 0 saturated heterocycles. The van der Waals surface area contributed by atoms with Crippen molar-refractivity contribution in [1.82, 2.24) is 4.98 Å². The number of nitrogens with one attached hydrogen (secondary N) is 1. The van der Waals surface area contributed by atoms with Gasteiger partial charge in [-0.3, -0.25) is 4.98 Å². The van der Waals surface area contributed by atoms with Crippen molar-refractivity contribution in [2.24, 2.45) is 11.1 Å². The van der Waals surface area contributed by atoms with Crippen LogP contribution >= 0.6 is 12.2 Å². The summed E-state index contributed by atoms with van der Waals surface area (Å²) in [5.41, 5.74) is 9.61. The fourth-order valence-electron chi connectivity index (χ4n) is 2.97. The van der Waals surface area contributed by atoms with E-state index >= 15 is 0 Å².